The van der Waals surface area contributed by atoms with E-state index in [1.165, 1.54) is 5.01 Å². The van der Waals surface area contributed by atoms with Crippen LogP contribution in [0.25, 0.3) is 0 Å². The molecule has 6 heteroatoms. The van der Waals surface area contributed by atoms with Gasteiger partial charge in [0.25, 0.3) is 0 Å². The Bertz CT molecular complexity index is 855. The Morgan fingerprint density at radius 3 is 2.59 bits per heavy atom. The fourth-order valence-electron chi connectivity index (χ4n) is 4.16. The number of furan rings is 1. The molecule has 2 aliphatic rings. The van der Waals surface area contributed by atoms with Crippen LogP contribution < -0.4 is 0 Å². The number of rotatable bonds is 7. The van der Waals surface area contributed by atoms with E-state index < -0.39 is 0 Å². The molecule has 0 spiro atoms. The number of hydrazone groups is 1. The third-order valence-electron chi connectivity index (χ3n) is 5.74. The molecule has 2 amide bonds. The summed E-state index contributed by atoms with van der Waals surface area (Å²) in [6, 6.07) is 13.9. The maximum Gasteiger partial charge on any atom is 0.243 e. The van der Waals surface area contributed by atoms with Gasteiger partial charge in [-0.3, -0.25) is 9.59 Å². The van der Waals surface area contributed by atoms with E-state index in [2.05, 4.69) is 5.10 Å². The Morgan fingerprint density at radius 1 is 1.07 bits per heavy atom. The van der Waals surface area contributed by atoms with E-state index in [1.807, 2.05) is 47.4 Å². The standard InChI is InChI=1S/C23H27N3O3/c27-22(25(19-9-4-5-10-19)17-20-11-6-16-29-20)12-13-23(28)26-15-14-21(24-26)18-7-2-1-3-8-18/h1-3,6-8,11,16,19H,4-5,9-10,12-15,17H2. The van der Waals surface area contributed by atoms with Crippen molar-refractivity contribution in [3.8, 4) is 0 Å². The van der Waals surface area contributed by atoms with Gasteiger partial charge in [0.05, 0.1) is 25.1 Å². The van der Waals surface area contributed by atoms with Crippen molar-refractivity contribution >= 4 is 17.5 Å². The predicted molar refractivity (Wildman–Crippen MR) is 110 cm³/mol. The molecular formula is C23H27N3O3. The molecule has 0 saturated heterocycles. The van der Waals surface area contributed by atoms with Crippen LogP contribution in [0.4, 0.5) is 0 Å². The van der Waals surface area contributed by atoms with Gasteiger partial charge in [0.15, 0.2) is 0 Å². The molecule has 1 aliphatic carbocycles. The SMILES string of the molecule is O=C(CCC(=O)N(Cc1ccco1)C1CCCC1)N1CCC(c2ccccc2)=N1. The van der Waals surface area contributed by atoms with Crippen LogP contribution in [0.1, 0.15) is 56.3 Å². The quantitative estimate of drug-likeness (QED) is 0.715. The molecule has 1 aromatic heterocycles. The van der Waals surface area contributed by atoms with Gasteiger partial charge in [-0.2, -0.15) is 5.10 Å². The molecule has 1 aromatic carbocycles. The van der Waals surface area contributed by atoms with E-state index in [0.717, 1.165) is 49.1 Å². The molecule has 29 heavy (non-hydrogen) atoms. The van der Waals surface area contributed by atoms with Gasteiger partial charge in [-0.25, -0.2) is 5.01 Å². The van der Waals surface area contributed by atoms with Gasteiger partial charge in [0, 0.05) is 25.3 Å². The van der Waals surface area contributed by atoms with Crippen LogP contribution in [0.2, 0.25) is 0 Å². The fraction of sp³-hybridized carbons (Fsp3) is 0.435. The van der Waals surface area contributed by atoms with Gasteiger partial charge in [-0.15, -0.1) is 0 Å². The Kier molecular flexibility index (Phi) is 6.08. The van der Waals surface area contributed by atoms with Crippen LogP contribution in [-0.4, -0.2) is 40.0 Å². The second-order valence-corrected chi connectivity index (χ2v) is 7.72. The molecule has 0 radical (unpaired) electrons. The molecular weight excluding hydrogens is 366 g/mol. The van der Waals surface area contributed by atoms with Gasteiger partial charge < -0.3 is 9.32 Å². The van der Waals surface area contributed by atoms with Crippen molar-refractivity contribution in [2.24, 2.45) is 5.10 Å². The van der Waals surface area contributed by atoms with E-state index in [9.17, 15) is 9.59 Å². The number of carbonyl (C=O) groups excluding carboxylic acids is 2. The van der Waals surface area contributed by atoms with E-state index >= 15 is 0 Å². The zero-order valence-corrected chi connectivity index (χ0v) is 16.6. The summed E-state index contributed by atoms with van der Waals surface area (Å²) in [7, 11) is 0. The molecule has 4 rings (SSSR count). The summed E-state index contributed by atoms with van der Waals surface area (Å²) in [6.07, 6.45) is 7.12. The Balaban J connectivity index is 1.35. The van der Waals surface area contributed by atoms with Crippen molar-refractivity contribution in [3.63, 3.8) is 0 Å². The summed E-state index contributed by atoms with van der Waals surface area (Å²) in [6.45, 7) is 1.06. The molecule has 0 N–H and O–H groups in total. The highest BCUT2D eigenvalue weighted by Gasteiger charge is 2.28. The monoisotopic (exact) mass is 393 g/mol. The van der Waals surface area contributed by atoms with Crippen molar-refractivity contribution in [2.45, 2.75) is 57.5 Å². The first-order valence-corrected chi connectivity index (χ1v) is 10.5. The topological polar surface area (TPSA) is 66.1 Å². The summed E-state index contributed by atoms with van der Waals surface area (Å²) in [5, 5.41) is 6.00. The summed E-state index contributed by atoms with van der Waals surface area (Å²) in [5.74, 6) is 0.718. The molecule has 0 unspecified atom stereocenters. The molecule has 1 aliphatic heterocycles. The van der Waals surface area contributed by atoms with Crippen LogP contribution in [0.3, 0.4) is 0 Å². The molecule has 2 aromatic rings. The van der Waals surface area contributed by atoms with Gasteiger partial charge in [-0.05, 0) is 30.5 Å². The molecule has 1 fully saturated rings. The van der Waals surface area contributed by atoms with Crippen LogP contribution in [-0.2, 0) is 16.1 Å². The van der Waals surface area contributed by atoms with Crippen LogP contribution in [0.5, 0.6) is 0 Å². The largest absolute Gasteiger partial charge is 0.467 e. The third kappa shape index (κ3) is 4.75. The minimum Gasteiger partial charge on any atom is -0.467 e. The molecule has 152 valence electrons. The number of nitrogens with zero attached hydrogens (tertiary/aromatic N) is 3. The minimum absolute atomic E-state index is 0.0214. The highest BCUT2D eigenvalue weighted by Crippen LogP contribution is 2.26. The van der Waals surface area contributed by atoms with Crippen molar-refractivity contribution in [1.29, 1.82) is 0 Å². The number of carbonyl (C=O) groups is 2. The first kappa shape index (κ1) is 19.4. The van der Waals surface area contributed by atoms with E-state index in [4.69, 9.17) is 4.42 Å². The summed E-state index contributed by atoms with van der Waals surface area (Å²) < 4.78 is 5.45. The second-order valence-electron chi connectivity index (χ2n) is 7.72. The lowest BCUT2D eigenvalue weighted by Crippen LogP contribution is -2.38. The van der Waals surface area contributed by atoms with Crippen molar-refractivity contribution in [1.82, 2.24) is 9.91 Å². The van der Waals surface area contributed by atoms with Crippen LogP contribution in [0.15, 0.2) is 58.2 Å². The number of amides is 2. The van der Waals surface area contributed by atoms with Crippen molar-refractivity contribution in [3.05, 3.63) is 60.1 Å². The average Bonchev–Trinajstić information content (AvgIpc) is 3.52. The Labute approximate surface area is 171 Å². The first-order chi connectivity index (χ1) is 14.2. The van der Waals surface area contributed by atoms with Gasteiger partial charge in [-0.1, -0.05) is 43.2 Å². The zero-order chi connectivity index (χ0) is 20.1. The predicted octanol–water partition coefficient (Wildman–Crippen LogP) is 3.97. The molecule has 2 heterocycles. The normalized spacial score (nSPS) is 16.8. The lowest BCUT2D eigenvalue weighted by molar-refractivity contribution is -0.138. The second kappa shape index (κ2) is 9.07. The fourth-order valence-corrected chi connectivity index (χ4v) is 4.16. The van der Waals surface area contributed by atoms with Crippen molar-refractivity contribution < 1.29 is 14.0 Å². The third-order valence-corrected chi connectivity index (χ3v) is 5.74. The van der Waals surface area contributed by atoms with E-state index in [0.29, 0.717) is 13.1 Å². The first-order valence-electron chi connectivity index (χ1n) is 10.5. The van der Waals surface area contributed by atoms with Gasteiger partial charge >= 0.3 is 0 Å². The smallest absolute Gasteiger partial charge is 0.243 e. The summed E-state index contributed by atoms with van der Waals surface area (Å²) in [4.78, 5) is 27.5. The lowest BCUT2D eigenvalue weighted by Gasteiger charge is -2.28. The molecule has 0 atom stereocenters. The molecule has 0 bridgehead atoms. The maximum atomic E-state index is 12.9. The minimum atomic E-state index is -0.0892. The Morgan fingerprint density at radius 2 is 1.86 bits per heavy atom. The molecule has 1 saturated carbocycles. The van der Waals surface area contributed by atoms with Crippen molar-refractivity contribution in [2.75, 3.05) is 6.54 Å². The van der Waals surface area contributed by atoms with Gasteiger partial charge in [0.1, 0.15) is 5.76 Å². The number of hydrogen-bond acceptors (Lipinski definition) is 4. The van der Waals surface area contributed by atoms with Crippen LogP contribution in [0, 0.1) is 0 Å². The number of hydrogen-bond donors (Lipinski definition) is 0. The highest BCUT2D eigenvalue weighted by atomic mass is 16.3. The number of benzene rings is 1. The molecule has 6 nitrogen and oxygen atoms in total. The summed E-state index contributed by atoms with van der Waals surface area (Å²) in [5.41, 5.74) is 1.97. The maximum absolute atomic E-state index is 12.9. The highest BCUT2D eigenvalue weighted by molar-refractivity contribution is 6.02. The average molecular weight is 393 g/mol. The van der Waals surface area contributed by atoms with Gasteiger partial charge in [0.2, 0.25) is 11.8 Å². The van der Waals surface area contributed by atoms with Crippen LogP contribution >= 0.6 is 0 Å². The van der Waals surface area contributed by atoms with E-state index in [1.54, 1.807) is 6.26 Å². The Hall–Kier alpha value is -2.89. The van der Waals surface area contributed by atoms with E-state index in [-0.39, 0.29) is 30.7 Å². The summed E-state index contributed by atoms with van der Waals surface area (Å²) >= 11 is 0. The zero-order valence-electron chi connectivity index (χ0n) is 16.6. The lowest BCUT2D eigenvalue weighted by atomic mass is 10.1.